The summed E-state index contributed by atoms with van der Waals surface area (Å²) in [6.45, 7) is 7.62. The Morgan fingerprint density at radius 2 is 1.89 bits per heavy atom. The number of hydrogen-bond acceptors (Lipinski definition) is 5. The Morgan fingerprint density at radius 1 is 1.21 bits per heavy atom. The molecule has 2 fully saturated rings. The Hall–Kier alpha value is -2.26. The molecule has 6 nitrogen and oxygen atoms in total. The van der Waals surface area contributed by atoms with E-state index in [4.69, 9.17) is 27.9 Å². The predicted octanol–water partition coefficient (Wildman–Crippen LogP) is 5.02. The highest BCUT2D eigenvalue weighted by Crippen LogP contribution is 2.58. The number of fused-ring (bicyclic) bond motifs is 2. The van der Waals surface area contributed by atoms with Crippen molar-refractivity contribution in [2.24, 2.45) is 5.41 Å². The average Bonchev–Trinajstić information content (AvgIpc) is 3.24. The summed E-state index contributed by atoms with van der Waals surface area (Å²) in [5.41, 5.74) is -2.61. The van der Waals surface area contributed by atoms with Crippen molar-refractivity contribution in [3.8, 4) is 5.75 Å². The Morgan fingerprint density at radius 3 is 2.53 bits per heavy atom. The quantitative estimate of drug-likeness (QED) is 0.357. The molecule has 5 rings (SSSR count). The number of amides is 1. The highest BCUT2D eigenvalue weighted by Gasteiger charge is 2.68. The smallest absolute Gasteiger partial charge is 0.324 e. The van der Waals surface area contributed by atoms with Crippen molar-refractivity contribution in [2.75, 3.05) is 0 Å². The van der Waals surface area contributed by atoms with Gasteiger partial charge in [-0.1, -0.05) is 56.1 Å². The fraction of sp³-hybridized carbons (Fsp3) is 0.500. The number of halogens is 4. The molecule has 3 N–H and O–H groups in total. The second-order valence-corrected chi connectivity index (χ2v) is 13.0. The Kier molecular flexibility index (Phi) is 6.58. The number of carbonyl (C=O) groups is 2. The van der Waals surface area contributed by atoms with Crippen molar-refractivity contribution in [1.82, 2.24) is 10.6 Å². The highest BCUT2D eigenvalue weighted by atomic mass is 35.5. The highest BCUT2D eigenvalue weighted by molar-refractivity contribution is 6.31. The molecule has 2 heterocycles. The zero-order valence-corrected chi connectivity index (χ0v) is 23.0. The SMILES string of the molecule is CC(C)(C)CC1NC(C(=O)NC2CC(C)(O)C2)C(c2cccc(Cl)c2F)C12C(=O)Oc1cc(Cl)c(F)cc12. The molecule has 3 aliphatic rings. The normalized spacial score (nSPS) is 32.2. The zero-order chi connectivity index (χ0) is 27.8. The van der Waals surface area contributed by atoms with Crippen LogP contribution in [0.15, 0.2) is 30.3 Å². The van der Waals surface area contributed by atoms with Crippen LogP contribution in [0.5, 0.6) is 5.75 Å². The molecule has 1 spiro atoms. The molecule has 204 valence electrons. The summed E-state index contributed by atoms with van der Waals surface area (Å²) in [6.07, 6.45) is 1.12. The Balaban J connectivity index is 1.71. The number of ether oxygens (including phenoxy) is 1. The van der Waals surface area contributed by atoms with Crippen LogP contribution in [-0.2, 0) is 15.0 Å². The van der Waals surface area contributed by atoms with Crippen molar-refractivity contribution >= 4 is 35.1 Å². The lowest BCUT2D eigenvalue weighted by Gasteiger charge is -2.42. The van der Waals surface area contributed by atoms with Crippen LogP contribution in [0.1, 0.15) is 64.0 Å². The molecule has 0 aromatic heterocycles. The maximum absolute atomic E-state index is 15.7. The Labute approximate surface area is 230 Å². The van der Waals surface area contributed by atoms with E-state index in [1.165, 1.54) is 18.2 Å². The van der Waals surface area contributed by atoms with Gasteiger partial charge in [-0.3, -0.25) is 9.59 Å². The number of benzene rings is 2. The lowest BCUT2D eigenvalue weighted by molar-refractivity contribution is -0.139. The second-order valence-electron chi connectivity index (χ2n) is 12.2. The van der Waals surface area contributed by atoms with Gasteiger partial charge >= 0.3 is 5.97 Å². The lowest BCUT2D eigenvalue weighted by atomic mass is 9.62. The number of aliphatic hydroxyl groups is 1. The van der Waals surface area contributed by atoms with Crippen molar-refractivity contribution in [1.29, 1.82) is 0 Å². The van der Waals surface area contributed by atoms with Gasteiger partial charge in [-0.2, -0.15) is 0 Å². The summed E-state index contributed by atoms with van der Waals surface area (Å²) in [7, 11) is 0. The molecule has 1 aliphatic carbocycles. The first-order chi connectivity index (χ1) is 17.6. The van der Waals surface area contributed by atoms with E-state index in [0.717, 1.165) is 6.07 Å². The molecule has 38 heavy (non-hydrogen) atoms. The maximum Gasteiger partial charge on any atom is 0.324 e. The van der Waals surface area contributed by atoms with Crippen LogP contribution in [0.25, 0.3) is 0 Å². The first-order valence-corrected chi connectivity index (χ1v) is 13.3. The summed E-state index contributed by atoms with van der Waals surface area (Å²) < 4.78 is 36.3. The van der Waals surface area contributed by atoms with Gasteiger partial charge in [0.05, 0.1) is 21.7 Å². The van der Waals surface area contributed by atoms with E-state index >= 15 is 4.39 Å². The lowest BCUT2D eigenvalue weighted by Crippen LogP contribution is -2.57. The van der Waals surface area contributed by atoms with E-state index in [1.807, 2.05) is 20.8 Å². The van der Waals surface area contributed by atoms with E-state index < -0.39 is 52.5 Å². The van der Waals surface area contributed by atoms with E-state index in [1.54, 1.807) is 13.0 Å². The zero-order valence-electron chi connectivity index (χ0n) is 21.5. The number of hydrogen-bond donors (Lipinski definition) is 3. The van der Waals surface area contributed by atoms with Gasteiger partial charge in [0.15, 0.2) is 0 Å². The second kappa shape index (κ2) is 9.15. The molecule has 0 bridgehead atoms. The first-order valence-electron chi connectivity index (χ1n) is 12.6. The number of esters is 1. The molecule has 2 aromatic rings. The third-order valence-electron chi connectivity index (χ3n) is 7.90. The summed E-state index contributed by atoms with van der Waals surface area (Å²) >= 11 is 12.2. The van der Waals surface area contributed by atoms with Crippen LogP contribution in [0.3, 0.4) is 0 Å². The molecule has 10 heteroatoms. The fourth-order valence-corrected chi connectivity index (χ4v) is 6.75. The first kappa shape index (κ1) is 27.3. The van der Waals surface area contributed by atoms with E-state index in [2.05, 4.69) is 10.6 Å². The Bertz CT molecular complexity index is 1320. The van der Waals surface area contributed by atoms with Crippen LogP contribution in [0, 0.1) is 17.0 Å². The number of nitrogens with one attached hydrogen (secondary N) is 2. The van der Waals surface area contributed by atoms with Gasteiger partial charge in [0, 0.05) is 29.6 Å². The largest absolute Gasteiger partial charge is 0.425 e. The summed E-state index contributed by atoms with van der Waals surface area (Å²) in [6, 6.07) is 4.72. The van der Waals surface area contributed by atoms with Crippen molar-refractivity contribution in [3.05, 3.63) is 63.1 Å². The number of carbonyl (C=O) groups excluding carboxylic acids is 2. The molecule has 2 aliphatic heterocycles. The molecule has 1 saturated carbocycles. The van der Waals surface area contributed by atoms with Gasteiger partial charge in [0.1, 0.15) is 22.8 Å². The minimum absolute atomic E-state index is 0.0438. The third-order valence-corrected chi connectivity index (χ3v) is 8.48. The van der Waals surface area contributed by atoms with Crippen molar-refractivity contribution in [2.45, 2.75) is 82.0 Å². The van der Waals surface area contributed by atoms with Crippen LogP contribution in [0.4, 0.5) is 8.78 Å². The van der Waals surface area contributed by atoms with Gasteiger partial charge in [-0.25, -0.2) is 8.78 Å². The van der Waals surface area contributed by atoms with Crippen LogP contribution < -0.4 is 15.4 Å². The topological polar surface area (TPSA) is 87.7 Å². The predicted molar refractivity (Wildman–Crippen MR) is 139 cm³/mol. The number of rotatable bonds is 4. The minimum Gasteiger partial charge on any atom is -0.425 e. The standard InChI is InChI=1S/C28H30Cl2F2N2O4/c1-26(2,3)12-20-28(15-8-18(31)17(30)9-19(15)38-25(28)36)21(14-6-5-7-16(29)22(14)32)23(34-20)24(35)33-13-10-27(4,37)11-13/h5-9,13,20-21,23,34,37H,10-12H2,1-4H3,(H,33,35). The monoisotopic (exact) mass is 566 g/mol. The molecular weight excluding hydrogens is 537 g/mol. The third kappa shape index (κ3) is 4.39. The molecule has 4 atom stereocenters. The van der Waals surface area contributed by atoms with Gasteiger partial charge < -0.3 is 20.5 Å². The summed E-state index contributed by atoms with van der Waals surface area (Å²) in [5.74, 6) is -3.75. The van der Waals surface area contributed by atoms with Gasteiger partial charge in [-0.05, 0) is 49.3 Å². The van der Waals surface area contributed by atoms with Gasteiger partial charge in [-0.15, -0.1) is 0 Å². The van der Waals surface area contributed by atoms with E-state index in [9.17, 15) is 19.1 Å². The minimum atomic E-state index is -1.65. The molecular formula is C28H30Cl2F2N2O4. The maximum atomic E-state index is 15.7. The summed E-state index contributed by atoms with van der Waals surface area (Å²) in [5, 5.41) is 16.0. The molecule has 1 amide bonds. The average molecular weight is 567 g/mol. The molecule has 4 unspecified atom stereocenters. The van der Waals surface area contributed by atoms with Crippen molar-refractivity contribution in [3.63, 3.8) is 0 Å². The fourth-order valence-electron chi connectivity index (χ4n) is 6.42. The van der Waals surface area contributed by atoms with E-state index in [-0.39, 0.29) is 38.4 Å². The molecule has 1 saturated heterocycles. The summed E-state index contributed by atoms with van der Waals surface area (Å²) in [4.78, 5) is 27.7. The molecule has 0 radical (unpaired) electrons. The van der Waals surface area contributed by atoms with Crippen molar-refractivity contribution < 1.29 is 28.2 Å². The molecule has 2 aromatic carbocycles. The van der Waals surface area contributed by atoms with Crippen LogP contribution in [-0.4, -0.2) is 40.7 Å². The van der Waals surface area contributed by atoms with E-state index in [0.29, 0.717) is 19.3 Å². The van der Waals surface area contributed by atoms with Gasteiger partial charge in [0.25, 0.3) is 0 Å². The van der Waals surface area contributed by atoms with Crippen LogP contribution in [0.2, 0.25) is 10.0 Å². The van der Waals surface area contributed by atoms with Gasteiger partial charge in [0.2, 0.25) is 5.91 Å². The van der Waals surface area contributed by atoms with Crippen LogP contribution >= 0.6 is 23.2 Å².